The Kier molecular flexibility index (Phi) is 32.3. The van der Waals surface area contributed by atoms with Crippen molar-refractivity contribution in [3.8, 4) is 16.9 Å². The predicted molar refractivity (Wildman–Crippen MR) is 215 cm³/mol. The molecule has 10 N–H and O–H groups in total. The number of methoxy groups -OCH3 is 1. The maximum atomic E-state index is 5.62. The summed E-state index contributed by atoms with van der Waals surface area (Å²) in [5, 5.41) is 0.445. The molecule has 0 aliphatic rings. The minimum atomic E-state index is 0. The Morgan fingerprint density at radius 2 is 1.00 bits per heavy atom. The largest absolute Gasteiger partial charge is 0.497 e. The van der Waals surface area contributed by atoms with Crippen LogP contribution in [0.1, 0.15) is 22.4 Å². The third-order valence-corrected chi connectivity index (χ3v) is 8.03. The monoisotopic (exact) mass is 817 g/mol. The molecule has 0 saturated heterocycles. The smallest absolute Gasteiger partial charge is 0.151 e. The first-order chi connectivity index (χ1) is 22.5. The van der Waals surface area contributed by atoms with Gasteiger partial charge in [-0.1, -0.05) is 88.3 Å². The van der Waals surface area contributed by atoms with Gasteiger partial charge in [-0.3, -0.25) is 19.9 Å². The zero-order valence-electron chi connectivity index (χ0n) is 29.0. The Hall–Kier alpha value is -3.98. The second kappa shape index (κ2) is 30.6. The van der Waals surface area contributed by atoms with Crippen LogP contribution in [-0.4, -0.2) is 59.4 Å². The fraction of sp³-hybridized carbons (Fsp3) is 0.139. The van der Waals surface area contributed by atoms with Gasteiger partial charge < -0.3 is 32.1 Å². The Balaban J connectivity index is -0.000000275. The van der Waals surface area contributed by atoms with Gasteiger partial charge in [0, 0.05) is 49.1 Å². The molecule has 0 atom stereocenters. The topological polar surface area (TPSA) is 231 Å². The van der Waals surface area contributed by atoms with Gasteiger partial charge >= 0.3 is 0 Å². The Morgan fingerprint density at radius 3 is 1.38 bits per heavy atom. The third kappa shape index (κ3) is 20.8. The van der Waals surface area contributed by atoms with Crippen molar-refractivity contribution in [1.82, 2.24) is 24.9 Å². The number of nitrogens with zero attached hydrogens (tertiary/aromatic N) is 5. The van der Waals surface area contributed by atoms with Crippen LogP contribution in [0.4, 0.5) is 0 Å². The molecular weight excluding hydrogens is 776 g/mol. The normalized spacial score (nSPS) is 8.58. The van der Waals surface area contributed by atoms with Gasteiger partial charge in [-0.2, -0.15) is 0 Å². The number of benzene rings is 1. The summed E-state index contributed by atoms with van der Waals surface area (Å²) >= 11 is 27.8. The van der Waals surface area contributed by atoms with Crippen LogP contribution in [0, 0.1) is 27.7 Å². The van der Waals surface area contributed by atoms with E-state index in [0.29, 0.717) is 0 Å². The molecule has 0 unspecified atom stereocenters. The van der Waals surface area contributed by atoms with Gasteiger partial charge in [-0.15, -0.1) is 0 Å². The van der Waals surface area contributed by atoms with Crippen molar-refractivity contribution in [3.63, 3.8) is 0 Å². The zero-order chi connectivity index (χ0) is 34.6. The quantitative estimate of drug-likeness (QED) is 0.161. The molecule has 284 valence electrons. The van der Waals surface area contributed by atoms with E-state index in [9.17, 15) is 0 Å². The number of ether oxygens (including phenoxy) is 1. The molecular formula is C36H44Cl5N5O6. The lowest BCUT2D eigenvalue weighted by Gasteiger charge is -2.01. The number of rotatable bonds is 2. The molecule has 16 heteroatoms. The molecule has 1 aromatic carbocycles. The molecule has 5 heterocycles. The standard InChI is InChI=1S/C12H11N.C7H9N.C6H7NO.C6H7N.C5Cl5N.5H2O/c1-10-9-12(7-8-13-10)11-5-3-2-4-6-11;1-6-3-4-8-5-7(6)2;1-8-6-2-4-7-5-3-6;1-6-2-4-7-5-3-6;6-1-2(7)4(9)11-5(10)3(1)8;;;;;/h2-9H,1H3;3-5H,1-2H3;2-5H,1H3;2-5H,1H3;;5*1H2. The second-order valence-corrected chi connectivity index (χ2v) is 11.4. The highest BCUT2D eigenvalue weighted by molar-refractivity contribution is 6.53. The fourth-order valence-corrected chi connectivity index (χ4v) is 4.26. The summed E-state index contributed by atoms with van der Waals surface area (Å²) < 4.78 is 4.87. The molecule has 6 rings (SSSR count). The van der Waals surface area contributed by atoms with E-state index in [1.807, 2.05) is 74.9 Å². The number of halogens is 5. The number of aryl methyl sites for hydroxylation is 4. The molecule has 0 saturated carbocycles. The summed E-state index contributed by atoms with van der Waals surface area (Å²) in [6, 6.07) is 24.0. The number of pyridine rings is 5. The van der Waals surface area contributed by atoms with Gasteiger partial charge in [-0.25, -0.2) is 4.98 Å². The van der Waals surface area contributed by atoms with Crippen molar-refractivity contribution in [2.24, 2.45) is 0 Å². The lowest BCUT2D eigenvalue weighted by atomic mass is 10.1. The minimum absolute atomic E-state index is 0. The van der Waals surface area contributed by atoms with Crippen molar-refractivity contribution in [3.05, 3.63) is 164 Å². The summed E-state index contributed by atoms with van der Waals surface area (Å²) in [5.41, 5.74) is 7.35. The summed E-state index contributed by atoms with van der Waals surface area (Å²) in [5.74, 6) is 0.847. The average molecular weight is 820 g/mol. The van der Waals surface area contributed by atoms with Crippen molar-refractivity contribution < 1.29 is 32.1 Å². The molecule has 5 aromatic heterocycles. The summed E-state index contributed by atoms with van der Waals surface area (Å²) in [4.78, 5) is 19.4. The summed E-state index contributed by atoms with van der Waals surface area (Å²) in [6.07, 6.45) is 12.5. The van der Waals surface area contributed by atoms with E-state index in [0.717, 1.165) is 11.4 Å². The fourth-order valence-electron chi connectivity index (χ4n) is 3.26. The van der Waals surface area contributed by atoms with Crippen LogP contribution < -0.4 is 4.74 Å². The maximum absolute atomic E-state index is 5.62. The van der Waals surface area contributed by atoms with E-state index in [1.165, 1.54) is 27.8 Å². The van der Waals surface area contributed by atoms with E-state index in [2.05, 4.69) is 57.0 Å². The lowest BCUT2D eigenvalue weighted by molar-refractivity contribution is 0.414. The summed E-state index contributed by atoms with van der Waals surface area (Å²) in [6.45, 7) is 8.19. The van der Waals surface area contributed by atoms with Gasteiger partial charge in [0.15, 0.2) is 10.3 Å². The first-order valence-corrected chi connectivity index (χ1v) is 15.9. The van der Waals surface area contributed by atoms with Crippen molar-refractivity contribution in [2.75, 3.05) is 7.11 Å². The molecule has 0 aliphatic carbocycles. The molecule has 0 radical (unpaired) electrons. The van der Waals surface area contributed by atoms with Crippen LogP contribution in [0.5, 0.6) is 5.75 Å². The van der Waals surface area contributed by atoms with E-state index >= 15 is 0 Å². The van der Waals surface area contributed by atoms with Crippen LogP contribution in [0.15, 0.2) is 116 Å². The van der Waals surface area contributed by atoms with Gasteiger partial charge in [0.25, 0.3) is 0 Å². The van der Waals surface area contributed by atoms with Gasteiger partial charge in [0.1, 0.15) is 5.75 Å². The van der Waals surface area contributed by atoms with Gasteiger partial charge in [0.05, 0.1) is 22.2 Å². The number of aromatic nitrogens is 5. The van der Waals surface area contributed by atoms with Crippen LogP contribution in [0.2, 0.25) is 25.4 Å². The maximum Gasteiger partial charge on any atom is 0.151 e. The second-order valence-electron chi connectivity index (χ2n) is 9.56. The van der Waals surface area contributed by atoms with Gasteiger partial charge in [-0.05, 0) is 98.0 Å². The predicted octanol–water partition coefficient (Wildman–Crippen LogP) is 7.46. The first-order valence-electron chi connectivity index (χ1n) is 14.0. The molecule has 0 aliphatic heterocycles. The molecule has 6 aromatic rings. The lowest BCUT2D eigenvalue weighted by Crippen LogP contribution is -1.82. The number of hydrogen-bond acceptors (Lipinski definition) is 6. The van der Waals surface area contributed by atoms with E-state index in [4.69, 9.17) is 62.7 Å². The highest BCUT2D eigenvalue weighted by Crippen LogP contribution is 2.37. The van der Waals surface area contributed by atoms with E-state index < -0.39 is 0 Å². The van der Waals surface area contributed by atoms with Crippen molar-refractivity contribution >= 4 is 58.0 Å². The minimum Gasteiger partial charge on any atom is -0.497 e. The van der Waals surface area contributed by atoms with Crippen molar-refractivity contribution in [2.45, 2.75) is 27.7 Å². The molecule has 0 amide bonds. The molecule has 52 heavy (non-hydrogen) atoms. The van der Waals surface area contributed by atoms with Gasteiger partial charge in [0.2, 0.25) is 0 Å². The van der Waals surface area contributed by atoms with E-state index in [1.54, 1.807) is 44.0 Å². The number of hydrogen-bond donors (Lipinski definition) is 0. The molecule has 0 spiro atoms. The summed E-state index contributed by atoms with van der Waals surface area (Å²) in [7, 11) is 1.63. The highest BCUT2D eigenvalue weighted by Gasteiger charge is 2.12. The van der Waals surface area contributed by atoms with Crippen LogP contribution in [0.3, 0.4) is 0 Å². The van der Waals surface area contributed by atoms with Crippen molar-refractivity contribution in [1.29, 1.82) is 0 Å². The van der Waals surface area contributed by atoms with Crippen LogP contribution in [-0.2, 0) is 0 Å². The average Bonchev–Trinajstić information content (AvgIpc) is 3.10. The SMILES string of the molecule is COc1ccncc1.Cc1cc(-c2ccccc2)ccn1.Cc1ccncc1.Cc1ccncc1C.Clc1nc(Cl)c(Cl)c(Cl)c1Cl.O.O.O.O.O. The molecule has 0 fully saturated rings. The van der Waals surface area contributed by atoms with Crippen LogP contribution in [0.25, 0.3) is 11.1 Å². The Bertz CT molecular complexity index is 1740. The Morgan fingerprint density at radius 1 is 0.500 bits per heavy atom. The third-order valence-electron chi connectivity index (χ3n) is 5.98. The zero-order valence-corrected chi connectivity index (χ0v) is 32.8. The molecule has 11 nitrogen and oxygen atoms in total. The highest BCUT2D eigenvalue weighted by atomic mass is 35.5. The van der Waals surface area contributed by atoms with Crippen LogP contribution >= 0.6 is 58.0 Å². The van der Waals surface area contributed by atoms with E-state index in [-0.39, 0.29) is 52.8 Å². The molecule has 0 bridgehead atoms. The first kappa shape index (κ1) is 54.8. The Labute approximate surface area is 329 Å².